The maximum Gasteiger partial charge on any atom is 0.407 e. The second kappa shape index (κ2) is 14.9. The molecule has 6 rings (SSSR count). The number of benzene rings is 1. The summed E-state index contributed by atoms with van der Waals surface area (Å²) >= 11 is 0. The lowest BCUT2D eigenvalue weighted by molar-refractivity contribution is -0.135. The van der Waals surface area contributed by atoms with E-state index in [1.807, 2.05) is 30.9 Å². The number of hydrogen-bond donors (Lipinski definition) is 3. The molecule has 3 atom stereocenters. The first-order chi connectivity index (χ1) is 24.1. The van der Waals surface area contributed by atoms with E-state index in [4.69, 9.17) is 19.1 Å². The fraction of sp³-hybridized carbons (Fsp3) is 0.459. The highest BCUT2D eigenvalue weighted by molar-refractivity contribution is 5.87. The zero-order valence-corrected chi connectivity index (χ0v) is 29.0. The van der Waals surface area contributed by atoms with Gasteiger partial charge in [-0.1, -0.05) is 39.5 Å². The third-order valence-electron chi connectivity index (χ3n) is 9.04. The first-order valence-electron chi connectivity index (χ1n) is 17.1. The first-order valence-corrected chi connectivity index (χ1v) is 17.1. The summed E-state index contributed by atoms with van der Waals surface area (Å²) in [4.78, 5) is 62.0. The molecule has 5 heterocycles. The van der Waals surface area contributed by atoms with Crippen LogP contribution < -0.4 is 5.32 Å². The van der Waals surface area contributed by atoms with Crippen LogP contribution in [0.4, 0.5) is 4.79 Å². The number of fused-ring (bicyclic) bond motifs is 1. The Kier molecular flexibility index (Phi) is 10.2. The third kappa shape index (κ3) is 7.37. The van der Waals surface area contributed by atoms with Gasteiger partial charge in [-0.25, -0.2) is 19.7 Å². The van der Waals surface area contributed by atoms with Gasteiger partial charge in [0, 0.05) is 31.9 Å². The van der Waals surface area contributed by atoms with Crippen LogP contribution in [0.2, 0.25) is 0 Å². The summed E-state index contributed by atoms with van der Waals surface area (Å²) in [5.41, 5.74) is 3.51. The molecule has 3 aromatic heterocycles. The number of imidazole rings is 2. The van der Waals surface area contributed by atoms with Crippen LogP contribution >= 0.6 is 0 Å². The molecular weight excluding hydrogens is 636 g/mol. The zero-order chi connectivity index (χ0) is 35.4. The van der Waals surface area contributed by atoms with Crippen LogP contribution in [-0.4, -0.2) is 78.9 Å². The molecule has 2 saturated heterocycles. The minimum Gasteiger partial charge on any atom is -0.453 e. The minimum absolute atomic E-state index is 0.0617. The van der Waals surface area contributed by atoms with Crippen molar-refractivity contribution >= 4 is 29.0 Å². The minimum atomic E-state index is -0.708. The number of likely N-dealkylation sites (tertiary alicyclic amines) is 2. The summed E-state index contributed by atoms with van der Waals surface area (Å²) < 4.78 is 10.4. The second-order valence-corrected chi connectivity index (χ2v) is 13.4. The van der Waals surface area contributed by atoms with E-state index in [0.717, 1.165) is 38.1 Å². The number of hydrogen-bond acceptors (Lipinski definition) is 8. The highest BCUT2D eigenvalue weighted by atomic mass is 16.5. The number of amides is 3. The van der Waals surface area contributed by atoms with Crippen LogP contribution in [0.25, 0.3) is 11.1 Å². The fourth-order valence-corrected chi connectivity index (χ4v) is 6.56. The Morgan fingerprint density at radius 2 is 1.52 bits per heavy atom. The van der Waals surface area contributed by atoms with E-state index in [0.29, 0.717) is 58.3 Å². The number of nitrogens with zero attached hydrogens (tertiary/aromatic N) is 5. The molecule has 13 heteroatoms. The number of ether oxygens (including phenoxy) is 1. The van der Waals surface area contributed by atoms with Gasteiger partial charge in [0.25, 0.3) is 0 Å². The van der Waals surface area contributed by atoms with Gasteiger partial charge in [-0.15, -0.1) is 0 Å². The van der Waals surface area contributed by atoms with Crippen molar-refractivity contribution < 1.29 is 23.5 Å². The lowest BCUT2D eigenvalue weighted by Crippen LogP contribution is -2.51. The predicted molar refractivity (Wildman–Crippen MR) is 184 cm³/mol. The smallest absolute Gasteiger partial charge is 0.407 e. The Morgan fingerprint density at radius 3 is 2.14 bits per heavy atom. The molecule has 0 saturated carbocycles. The molecule has 1 aromatic carbocycles. The van der Waals surface area contributed by atoms with Gasteiger partial charge in [0.15, 0.2) is 12.0 Å². The molecule has 3 N–H and O–H groups in total. The highest BCUT2D eigenvalue weighted by Crippen LogP contribution is 2.32. The van der Waals surface area contributed by atoms with Crippen molar-refractivity contribution in [1.29, 1.82) is 0 Å². The monoisotopic (exact) mass is 678 g/mol. The maximum absolute atomic E-state index is 13.5. The average Bonchev–Trinajstić information content (AvgIpc) is 3.93. The summed E-state index contributed by atoms with van der Waals surface area (Å²) in [7, 11) is 1.28. The maximum atomic E-state index is 13.5. The van der Waals surface area contributed by atoms with Crippen molar-refractivity contribution in [3.63, 3.8) is 0 Å². The normalized spacial score (nSPS) is 17.8. The number of oxazole rings is 1. The van der Waals surface area contributed by atoms with Crippen LogP contribution in [-0.2, 0) is 14.3 Å². The molecule has 3 amide bonds. The van der Waals surface area contributed by atoms with Crippen molar-refractivity contribution in [3.8, 4) is 23.7 Å². The summed E-state index contributed by atoms with van der Waals surface area (Å²) in [5.74, 6) is 14.1. The quantitative estimate of drug-likeness (QED) is 0.234. The van der Waals surface area contributed by atoms with Crippen molar-refractivity contribution in [2.75, 3.05) is 20.2 Å². The summed E-state index contributed by atoms with van der Waals surface area (Å²) in [6.45, 7) is 9.18. The topological polar surface area (TPSA) is 162 Å². The van der Waals surface area contributed by atoms with E-state index < -0.39 is 12.1 Å². The molecule has 0 unspecified atom stereocenters. The number of methoxy groups -OCH3 is 1. The standard InChI is InChI=1S/C37H42N8O5/c1-22(2)18-30(46)44-16-6-8-28(44)34-38-20-27(41-34)15-13-25-11-10-24(32-33(25)50-21-40-32)12-14-26-19-39-35(42-26)29-9-7-17-45(29)36(47)31(23(3)4)43-37(48)49-5/h10-11,19-23,28-29,31H,6-9,16-18H2,1-5H3,(H,38,41)(H,39,42)(H,43,48)/t28-,29-,31-/m0/s1. The van der Waals surface area contributed by atoms with Crippen molar-refractivity contribution in [3.05, 3.63) is 65.1 Å². The van der Waals surface area contributed by atoms with Gasteiger partial charge >= 0.3 is 6.09 Å². The Bertz CT molecular complexity index is 2000. The Labute approximate surface area is 291 Å². The van der Waals surface area contributed by atoms with E-state index in [1.54, 1.807) is 17.3 Å². The van der Waals surface area contributed by atoms with Crippen LogP contribution in [0.5, 0.6) is 0 Å². The zero-order valence-electron chi connectivity index (χ0n) is 29.0. The Hall–Kier alpha value is -5.56. The summed E-state index contributed by atoms with van der Waals surface area (Å²) in [6.07, 6.45) is 8.13. The molecule has 50 heavy (non-hydrogen) atoms. The molecular formula is C37H42N8O5. The number of rotatable bonds is 7. The third-order valence-corrected chi connectivity index (χ3v) is 9.04. The first kappa shape index (κ1) is 34.3. The van der Waals surface area contributed by atoms with E-state index in [9.17, 15) is 14.4 Å². The molecule has 0 spiro atoms. The number of aromatic amines is 2. The van der Waals surface area contributed by atoms with Crippen molar-refractivity contribution in [2.24, 2.45) is 11.8 Å². The average molecular weight is 679 g/mol. The molecule has 0 bridgehead atoms. The number of carbonyl (C=O) groups excluding carboxylic acids is 3. The number of aromatic nitrogens is 5. The predicted octanol–water partition coefficient (Wildman–Crippen LogP) is 4.83. The lowest BCUT2D eigenvalue weighted by atomic mass is 10.0. The van der Waals surface area contributed by atoms with Crippen LogP contribution in [0.15, 0.2) is 35.3 Å². The van der Waals surface area contributed by atoms with Gasteiger partial charge in [0.1, 0.15) is 34.6 Å². The van der Waals surface area contributed by atoms with Gasteiger partial charge in [-0.2, -0.15) is 0 Å². The van der Waals surface area contributed by atoms with Crippen molar-refractivity contribution in [2.45, 2.75) is 77.9 Å². The molecule has 2 aliphatic heterocycles. The number of carbonyl (C=O) groups is 3. The molecule has 2 aliphatic rings. The van der Waals surface area contributed by atoms with E-state index in [-0.39, 0.29) is 29.8 Å². The van der Waals surface area contributed by atoms with Gasteiger partial charge < -0.3 is 34.2 Å². The van der Waals surface area contributed by atoms with Gasteiger partial charge in [0.05, 0.1) is 30.3 Å². The van der Waals surface area contributed by atoms with E-state index >= 15 is 0 Å². The summed E-state index contributed by atoms with van der Waals surface area (Å²) in [5, 5.41) is 2.67. The summed E-state index contributed by atoms with van der Waals surface area (Å²) in [6, 6.07) is 2.66. The Balaban J connectivity index is 1.16. The van der Waals surface area contributed by atoms with Crippen LogP contribution in [0.3, 0.4) is 0 Å². The second-order valence-electron chi connectivity index (χ2n) is 13.4. The molecule has 0 aliphatic carbocycles. The molecule has 13 nitrogen and oxygen atoms in total. The fourth-order valence-electron chi connectivity index (χ4n) is 6.56. The van der Waals surface area contributed by atoms with Crippen LogP contribution in [0.1, 0.15) is 106 Å². The van der Waals surface area contributed by atoms with Crippen LogP contribution in [0, 0.1) is 35.5 Å². The van der Waals surface area contributed by atoms with Crippen molar-refractivity contribution in [1.82, 2.24) is 40.0 Å². The van der Waals surface area contributed by atoms with E-state index in [2.05, 4.69) is 57.8 Å². The SMILES string of the molecule is COC(=O)N[C@H](C(=O)N1CCC[C@H]1c1nc(C#Cc2ccc(C#Cc3c[nH]c([C@@H]4CCCN4C(=O)CC(C)C)n3)c3ocnc23)c[nH]1)C(C)C. The number of H-pyrrole nitrogens is 2. The number of nitrogens with one attached hydrogen (secondary N) is 3. The molecule has 0 radical (unpaired) electrons. The molecule has 2 fully saturated rings. The van der Waals surface area contributed by atoms with Gasteiger partial charge in [-0.05, 0) is 61.5 Å². The van der Waals surface area contributed by atoms with E-state index in [1.165, 1.54) is 13.5 Å². The highest BCUT2D eigenvalue weighted by Gasteiger charge is 2.37. The lowest BCUT2D eigenvalue weighted by Gasteiger charge is -2.29. The Morgan fingerprint density at radius 1 is 0.920 bits per heavy atom. The van der Waals surface area contributed by atoms with Gasteiger partial charge in [-0.3, -0.25) is 9.59 Å². The number of alkyl carbamates (subject to hydrolysis) is 1. The largest absolute Gasteiger partial charge is 0.453 e. The molecule has 4 aromatic rings. The molecule has 260 valence electrons. The van der Waals surface area contributed by atoms with Gasteiger partial charge in [0.2, 0.25) is 11.8 Å².